The van der Waals surface area contributed by atoms with E-state index in [-0.39, 0.29) is 40.0 Å². The first-order valence-corrected chi connectivity index (χ1v) is 11.0. The zero-order valence-corrected chi connectivity index (χ0v) is 19.9. The second-order valence-electron chi connectivity index (χ2n) is 8.00. The molecule has 0 saturated heterocycles. The van der Waals surface area contributed by atoms with Crippen LogP contribution in [0, 0.1) is 5.82 Å². The largest absolute Gasteiger partial charge is 0.417 e. The molecule has 2 heterocycles. The number of hydrogen-bond donors (Lipinski definition) is 1. The number of ether oxygens (including phenoxy) is 1. The average molecular weight is 548 g/mol. The first kappa shape index (κ1) is 27.2. The van der Waals surface area contributed by atoms with Crippen LogP contribution in [0.3, 0.4) is 0 Å². The molecule has 39 heavy (non-hydrogen) atoms. The molecule has 2 N–H and O–H groups in total. The fourth-order valence-electron chi connectivity index (χ4n) is 3.46. The van der Waals surface area contributed by atoms with E-state index in [0.717, 1.165) is 39.7 Å². The Labute approximate surface area is 216 Å². The molecule has 0 bridgehead atoms. The van der Waals surface area contributed by atoms with Gasteiger partial charge in [-0.2, -0.15) is 32.1 Å². The first-order valence-electron chi connectivity index (χ1n) is 11.0. The lowest BCUT2D eigenvalue weighted by Gasteiger charge is -2.12. The molecule has 2 aromatic carbocycles. The molecule has 0 saturated carbocycles. The lowest BCUT2D eigenvalue weighted by Crippen LogP contribution is -2.21. The highest BCUT2D eigenvalue weighted by Crippen LogP contribution is 2.31. The highest BCUT2D eigenvalue weighted by atomic mass is 19.4. The molecule has 0 aliphatic rings. The van der Waals surface area contributed by atoms with E-state index in [2.05, 4.69) is 19.9 Å². The monoisotopic (exact) mass is 548 g/mol. The van der Waals surface area contributed by atoms with Gasteiger partial charge in [-0.1, -0.05) is 6.07 Å². The van der Waals surface area contributed by atoms with Gasteiger partial charge in [0, 0.05) is 30.1 Å². The zero-order chi connectivity index (χ0) is 28.3. The topological polar surface area (TPSA) is 100 Å². The maximum atomic E-state index is 15.1. The standard InChI is InChI=1S/C25H18F6N6O2/c1-14(32)11-19(34-16-4-2-3-15(12-16)25(29,30)31)23-21(38)8-10-36(35-23)20-6-5-17(13-18(20)26)37-22(7-9-33-37)39-24(27)28/h2-13,24H,32H2,1H3. The molecule has 0 atom stereocenters. The van der Waals surface area contributed by atoms with Crippen molar-refractivity contribution in [2.24, 2.45) is 10.7 Å². The van der Waals surface area contributed by atoms with E-state index in [9.17, 15) is 26.7 Å². The Morgan fingerprint density at radius 2 is 1.90 bits per heavy atom. The second-order valence-corrected chi connectivity index (χ2v) is 8.00. The summed E-state index contributed by atoms with van der Waals surface area (Å²) in [7, 11) is 0. The van der Waals surface area contributed by atoms with Crippen molar-refractivity contribution in [2.75, 3.05) is 0 Å². The molecule has 0 aliphatic heterocycles. The van der Waals surface area contributed by atoms with E-state index in [1.807, 2.05) is 0 Å². The summed E-state index contributed by atoms with van der Waals surface area (Å²) in [6.45, 7) is -1.64. The van der Waals surface area contributed by atoms with E-state index in [1.54, 1.807) is 0 Å². The van der Waals surface area contributed by atoms with Crippen LogP contribution in [0.25, 0.3) is 11.4 Å². The van der Waals surface area contributed by atoms with Crippen LogP contribution in [0.4, 0.5) is 32.0 Å². The molecule has 4 rings (SSSR count). The van der Waals surface area contributed by atoms with Gasteiger partial charge in [0.25, 0.3) is 0 Å². The van der Waals surface area contributed by atoms with Crippen molar-refractivity contribution < 1.29 is 31.1 Å². The number of aliphatic imine (C=N–C) groups is 1. The highest BCUT2D eigenvalue weighted by Gasteiger charge is 2.30. The van der Waals surface area contributed by atoms with E-state index < -0.39 is 29.6 Å². The van der Waals surface area contributed by atoms with E-state index in [4.69, 9.17) is 5.73 Å². The zero-order valence-electron chi connectivity index (χ0n) is 19.9. The fourth-order valence-corrected chi connectivity index (χ4v) is 3.46. The van der Waals surface area contributed by atoms with Crippen LogP contribution < -0.4 is 15.9 Å². The number of allylic oxidation sites excluding steroid dienone is 2. The minimum absolute atomic E-state index is 0.0617. The molecule has 8 nitrogen and oxygen atoms in total. The summed E-state index contributed by atoms with van der Waals surface area (Å²) in [4.78, 5) is 16.8. The minimum Gasteiger partial charge on any atom is -0.417 e. The minimum atomic E-state index is -4.62. The van der Waals surface area contributed by atoms with Gasteiger partial charge in [-0.3, -0.25) is 4.79 Å². The normalized spacial score (nSPS) is 12.7. The molecule has 0 radical (unpaired) electrons. The first-order chi connectivity index (χ1) is 18.4. The summed E-state index contributed by atoms with van der Waals surface area (Å²) in [6, 6.07) is 9.96. The van der Waals surface area contributed by atoms with E-state index in [1.165, 1.54) is 49.7 Å². The van der Waals surface area contributed by atoms with Crippen LogP contribution in [0.5, 0.6) is 5.88 Å². The molecule has 0 fully saturated rings. The van der Waals surface area contributed by atoms with Crippen molar-refractivity contribution >= 4 is 11.4 Å². The van der Waals surface area contributed by atoms with Crippen LogP contribution in [0.15, 0.2) is 88.6 Å². The van der Waals surface area contributed by atoms with Crippen molar-refractivity contribution in [1.29, 1.82) is 0 Å². The molecule has 0 spiro atoms. The number of nitrogens with zero attached hydrogens (tertiary/aromatic N) is 5. The predicted octanol–water partition coefficient (Wildman–Crippen LogP) is 5.16. The summed E-state index contributed by atoms with van der Waals surface area (Å²) in [5.41, 5.74) is 3.65. The Balaban J connectivity index is 1.77. The number of nitrogens with two attached hydrogens (primary N) is 1. The van der Waals surface area contributed by atoms with E-state index in [0.29, 0.717) is 0 Å². The number of benzene rings is 2. The Morgan fingerprint density at radius 3 is 2.56 bits per heavy atom. The lowest BCUT2D eigenvalue weighted by atomic mass is 10.1. The molecule has 202 valence electrons. The average Bonchev–Trinajstić information content (AvgIpc) is 3.31. The Bertz CT molecular complexity index is 1620. The summed E-state index contributed by atoms with van der Waals surface area (Å²) in [5, 5.41) is 7.98. The van der Waals surface area contributed by atoms with Crippen molar-refractivity contribution in [2.45, 2.75) is 19.7 Å². The quantitative estimate of drug-likeness (QED) is 0.254. The third kappa shape index (κ3) is 6.34. The molecule has 0 unspecified atom stereocenters. The van der Waals surface area contributed by atoms with Gasteiger partial charge in [0.15, 0.2) is 11.5 Å². The van der Waals surface area contributed by atoms with Gasteiger partial charge in [0.2, 0.25) is 11.3 Å². The fraction of sp³-hybridized carbons (Fsp3) is 0.120. The van der Waals surface area contributed by atoms with Gasteiger partial charge < -0.3 is 10.5 Å². The number of rotatable bonds is 7. The smallest absolute Gasteiger partial charge is 0.416 e. The summed E-state index contributed by atoms with van der Waals surface area (Å²) < 4.78 is 86.2. The van der Waals surface area contributed by atoms with Crippen molar-refractivity contribution in [1.82, 2.24) is 19.6 Å². The van der Waals surface area contributed by atoms with Crippen LogP contribution >= 0.6 is 0 Å². The van der Waals surface area contributed by atoms with Crippen LogP contribution in [0.2, 0.25) is 0 Å². The third-order valence-corrected chi connectivity index (χ3v) is 5.08. The molecule has 4 aromatic rings. The van der Waals surface area contributed by atoms with E-state index >= 15 is 4.39 Å². The van der Waals surface area contributed by atoms with Gasteiger partial charge in [-0.05, 0) is 43.3 Å². The van der Waals surface area contributed by atoms with Gasteiger partial charge in [-0.15, -0.1) is 0 Å². The number of hydrogen-bond acceptors (Lipinski definition) is 6. The SMILES string of the molecule is CC(N)=CC(=Nc1cccc(C(F)(F)F)c1)c1nn(-c2ccc(-n3nccc3OC(F)F)cc2F)ccc1=O. The highest BCUT2D eigenvalue weighted by molar-refractivity contribution is 6.08. The predicted molar refractivity (Wildman–Crippen MR) is 129 cm³/mol. The summed E-state index contributed by atoms with van der Waals surface area (Å²) in [6.07, 6.45) is -1.01. The molecule has 14 heteroatoms. The van der Waals surface area contributed by atoms with Gasteiger partial charge in [0.1, 0.15) is 5.69 Å². The maximum Gasteiger partial charge on any atom is 0.416 e. The van der Waals surface area contributed by atoms with Crippen molar-refractivity contribution in [3.05, 3.63) is 106 Å². The van der Waals surface area contributed by atoms with Crippen LogP contribution in [0.1, 0.15) is 18.2 Å². The van der Waals surface area contributed by atoms with Crippen LogP contribution in [-0.4, -0.2) is 31.9 Å². The van der Waals surface area contributed by atoms with Crippen LogP contribution in [-0.2, 0) is 6.18 Å². The summed E-state index contributed by atoms with van der Waals surface area (Å²) >= 11 is 0. The molecular weight excluding hydrogens is 530 g/mol. The second kappa shape index (κ2) is 10.8. The Hall–Kier alpha value is -4.88. The molecule has 0 amide bonds. The lowest BCUT2D eigenvalue weighted by molar-refractivity contribution is -0.137. The molecule has 2 aromatic heterocycles. The molecular formula is C25H18F6N6O2. The maximum absolute atomic E-state index is 15.1. The third-order valence-electron chi connectivity index (χ3n) is 5.08. The van der Waals surface area contributed by atoms with Crippen molar-refractivity contribution in [3.63, 3.8) is 0 Å². The van der Waals surface area contributed by atoms with Crippen molar-refractivity contribution in [3.8, 4) is 17.3 Å². The number of halogens is 6. The molecule has 0 aliphatic carbocycles. The van der Waals surface area contributed by atoms with Gasteiger partial charge in [0.05, 0.1) is 28.8 Å². The van der Waals surface area contributed by atoms with Gasteiger partial charge >= 0.3 is 12.8 Å². The summed E-state index contributed by atoms with van der Waals surface area (Å²) in [5.74, 6) is -1.18. The number of aromatic nitrogens is 4. The Kier molecular flexibility index (Phi) is 7.56. The number of alkyl halides is 5. The van der Waals surface area contributed by atoms with Gasteiger partial charge in [-0.25, -0.2) is 18.7 Å². The Morgan fingerprint density at radius 1 is 1.13 bits per heavy atom.